The van der Waals surface area contributed by atoms with Crippen LogP contribution in [0.5, 0.6) is 0 Å². The number of rotatable bonds is 2. The van der Waals surface area contributed by atoms with E-state index in [-0.39, 0.29) is 11.3 Å². The van der Waals surface area contributed by atoms with Crippen molar-refractivity contribution in [2.75, 3.05) is 5.73 Å². The summed E-state index contributed by atoms with van der Waals surface area (Å²) in [5.41, 5.74) is 7.67. The molecule has 0 aliphatic heterocycles. The lowest BCUT2D eigenvalue weighted by atomic mass is 10.0. The summed E-state index contributed by atoms with van der Waals surface area (Å²) < 4.78 is 0. The molecule has 0 saturated carbocycles. The molecule has 0 radical (unpaired) electrons. The Hall–Kier alpha value is -1.77. The second kappa shape index (κ2) is 9.46. The predicted octanol–water partition coefficient (Wildman–Crippen LogP) is 3.97. The zero-order valence-electron chi connectivity index (χ0n) is 11.4. The molecular formula is C14H23NO2. The van der Waals surface area contributed by atoms with Gasteiger partial charge < -0.3 is 10.8 Å². The molecular weight excluding hydrogens is 214 g/mol. The monoisotopic (exact) mass is 237 g/mol. The van der Waals surface area contributed by atoms with E-state index < -0.39 is 5.97 Å². The van der Waals surface area contributed by atoms with Gasteiger partial charge in [0.15, 0.2) is 0 Å². The molecule has 17 heavy (non-hydrogen) atoms. The third kappa shape index (κ3) is 4.72. The van der Waals surface area contributed by atoms with Gasteiger partial charge >= 0.3 is 5.97 Å². The van der Waals surface area contributed by atoms with Crippen molar-refractivity contribution in [2.24, 2.45) is 0 Å². The first-order valence-electron chi connectivity index (χ1n) is 5.82. The predicted molar refractivity (Wildman–Crippen MR) is 75.3 cm³/mol. The maximum atomic E-state index is 10.7. The average molecular weight is 237 g/mol. The number of carbonyl (C=O) groups is 1. The fraction of sp³-hybridized carbons (Fsp3) is 0.357. The van der Waals surface area contributed by atoms with Gasteiger partial charge in [-0.3, -0.25) is 0 Å². The molecule has 3 N–H and O–H groups in total. The maximum absolute atomic E-state index is 10.7. The molecule has 96 valence electrons. The summed E-state index contributed by atoms with van der Waals surface area (Å²) >= 11 is 0. The standard InChI is InChI=1S/C10H11NO2.2C2H6/c1-3-7-6(2)4-5-8(9(7)11)10(12)13;2*1-2/h3-5H,1,11H2,2H3,(H,12,13);2*1-2H3. The Balaban J connectivity index is 0. The van der Waals surface area contributed by atoms with E-state index in [4.69, 9.17) is 10.8 Å². The van der Waals surface area contributed by atoms with Gasteiger partial charge in [-0.15, -0.1) is 0 Å². The molecule has 0 spiro atoms. The highest BCUT2D eigenvalue weighted by Crippen LogP contribution is 2.22. The number of carboxylic acids is 1. The van der Waals surface area contributed by atoms with Gasteiger partial charge in [0.05, 0.1) is 11.3 Å². The number of nitrogens with two attached hydrogens (primary N) is 1. The molecule has 0 saturated heterocycles. The van der Waals surface area contributed by atoms with Crippen LogP contribution in [0.25, 0.3) is 6.08 Å². The van der Waals surface area contributed by atoms with Crippen LogP contribution in [0.1, 0.15) is 49.2 Å². The third-order valence-electron chi connectivity index (χ3n) is 1.94. The number of hydrogen-bond acceptors (Lipinski definition) is 2. The van der Waals surface area contributed by atoms with Gasteiger partial charge in [-0.2, -0.15) is 0 Å². The number of aromatic carboxylic acids is 1. The molecule has 0 amide bonds. The van der Waals surface area contributed by atoms with E-state index in [0.717, 1.165) is 5.56 Å². The summed E-state index contributed by atoms with van der Waals surface area (Å²) in [6.45, 7) is 13.4. The van der Waals surface area contributed by atoms with Crippen LogP contribution in [0, 0.1) is 6.92 Å². The van der Waals surface area contributed by atoms with E-state index in [9.17, 15) is 4.79 Å². The first-order chi connectivity index (χ1) is 8.07. The zero-order valence-corrected chi connectivity index (χ0v) is 11.4. The normalized spacial score (nSPS) is 8.06. The van der Waals surface area contributed by atoms with Crippen molar-refractivity contribution in [1.82, 2.24) is 0 Å². The summed E-state index contributed by atoms with van der Waals surface area (Å²) in [6.07, 6.45) is 1.57. The molecule has 0 bridgehead atoms. The summed E-state index contributed by atoms with van der Waals surface area (Å²) in [5, 5.41) is 8.76. The highest BCUT2D eigenvalue weighted by atomic mass is 16.4. The van der Waals surface area contributed by atoms with Crippen molar-refractivity contribution in [2.45, 2.75) is 34.6 Å². The molecule has 1 aromatic carbocycles. The van der Waals surface area contributed by atoms with Gasteiger partial charge in [-0.05, 0) is 18.6 Å². The van der Waals surface area contributed by atoms with E-state index in [0.29, 0.717) is 5.56 Å². The minimum atomic E-state index is -1.01. The number of hydrogen-bond donors (Lipinski definition) is 2. The lowest BCUT2D eigenvalue weighted by molar-refractivity contribution is 0.0698. The topological polar surface area (TPSA) is 63.3 Å². The fourth-order valence-corrected chi connectivity index (χ4v) is 1.20. The first-order valence-corrected chi connectivity index (χ1v) is 5.82. The van der Waals surface area contributed by atoms with Crippen molar-refractivity contribution in [1.29, 1.82) is 0 Å². The van der Waals surface area contributed by atoms with Crippen LogP contribution in [-0.2, 0) is 0 Å². The first kappa shape index (κ1) is 17.6. The number of aryl methyl sites for hydroxylation is 1. The van der Waals surface area contributed by atoms with Crippen LogP contribution in [0.2, 0.25) is 0 Å². The van der Waals surface area contributed by atoms with Crippen molar-refractivity contribution < 1.29 is 9.90 Å². The highest BCUT2D eigenvalue weighted by Gasteiger charge is 2.10. The van der Waals surface area contributed by atoms with Crippen LogP contribution in [-0.4, -0.2) is 11.1 Å². The summed E-state index contributed by atoms with van der Waals surface area (Å²) in [7, 11) is 0. The van der Waals surface area contributed by atoms with Crippen molar-refractivity contribution >= 4 is 17.7 Å². The van der Waals surface area contributed by atoms with Crippen LogP contribution in [0.4, 0.5) is 5.69 Å². The minimum absolute atomic E-state index is 0.125. The Morgan fingerprint density at radius 2 is 1.76 bits per heavy atom. The number of carboxylic acid groups (broad SMARTS) is 1. The maximum Gasteiger partial charge on any atom is 0.337 e. The van der Waals surface area contributed by atoms with Gasteiger partial charge in [-0.1, -0.05) is 46.4 Å². The second-order valence-corrected chi connectivity index (χ2v) is 2.77. The summed E-state index contributed by atoms with van der Waals surface area (Å²) in [4.78, 5) is 10.7. The fourth-order valence-electron chi connectivity index (χ4n) is 1.20. The summed E-state index contributed by atoms with van der Waals surface area (Å²) in [5.74, 6) is -1.01. The molecule has 0 fully saturated rings. The average Bonchev–Trinajstić information content (AvgIpc) is 2.34. The van der Waals surface area contributed by atoms with Crippen LogP contribution < -0.4 is 5.73 Å². The number of nitrogen functional groups attached to an aromatic ring is 1. The summed E-state index contributed by atoms with van der Waals surface area (Å²) in [6, 6.07) is 3.22. The lowest BCUT2D eigenvalue weighted by Gasteiger charge is -2.07. The van der Waals surface area contributed by atoms with Crippen molar-refractivity contribution in [3.05, 3.63) is 35.4 Å². The van der Waals surface area contributed by atoms with E-state index in [1.54, 1.807) is 12.1 Å². The Morgan fingerprint density at radius 1 is 1.29 bits per heavy atom. The second-order valence-electron chi connectivity index (χ2n) is 2.77. The highest BCUT2D eigenvalue weighted by molar-refractivity contribution is 5.96. The van der Waals surface area contributed by atoms with Crippen LogP contribution in [0.3, 0.4) is 0 Å². The van der Waals surface area contributed by atoms with Crippen molar-refractivity contribution in [3.8, 4) is 0 Å². The van der Waals surface area contributed by atoms with E-state index >= 15 is 0 Å². The lowest BCUT2D eigenvalue weighted by Crippen LogP contribution is -2.04. The molecule has 0 atom stereocenters. The van der Waals surface area contributed by atoms with E-state index in [1.807, 2.05) is 34.6 Å². The minimum Gasteiger partial charge on any atom is -0.478 e. The van der Waals surface area contributed by atoms with Gasteiger partial charge in [0.25, 0.3) is 0 Å². The molecule has 1 aromatic rings. The molecule has 0 aliphatic carbocycles. The SMILES string of the molecule is C=Cc1c(C)ccc(C(=O)O)c1N.CC.CC. The van der Waals surface area contributed by atoms with Gasteiger partial charge in [-0.25, -0.2) is 4.79 Å². The quantitative estimate of drug-likeness (QED) is 0.765. The Bertz CT molecular complexity index is 371. The molecule has 0 unspecified atom stereocenters. The van der Waals surface area contributed by atoms with Crippen LogP contribution in [0.15, 0.2) is 18.7 Å². The van der Waals surface area contributed by atoms with E-state index in [1.165, 1.54) is 6.07 Å². The molecule has 1 rings (SSSR count). The van der Waals surface area contributed by atoms with Gasteiger partial charge in [0.2, 0.25) is 0 Å². The van der Waals surface area contributed by atoms with Gasteiger partial charge in [0.1, 0.15) is 0 Å². The molecule has 0 aliphatic rings. The van der Waals surface area contributed by atoms with Crippen LogP contribution >= 0.6 is 0 Å². The van der Waals surface area contributed by atoms with Crippen molar-refractivity contribution in [3.63, 3.8) is 0 Å². The molecule has 3 nitrogen and oxygen atoms in total. The Kier molecular flexibility index (Phi) is 9.80. The molecule has 0 heterocycles. The largest absolute Gasteiger partial charge is 0.478 e. The third-order valence-corrected chi connectivity index (χ3v) is 1.94. The molecule has 0 aromatic heterocycles. The van der Waals surface area contributed by atoms with E-state index in [2.05, 4.69) is 6.58 Å². The zero-order chi connectivity index (χ0) is 14.0. The number of benzene rings is 1. The Morgan fingerprint density at radius 3 is 2.12 bits per heavy atom. The smallest absolute Gasteiger partial charge is 0.337 e. The Labute approximate surface area is 104 Å². The molecule has 3 heteroatoms. The number of anilines is 1. The van der Waals surface area contributed by atoms with Gasteiger partial charge in [0, 0.05) is 5.56 Å².